The van der Waals surface area contributed by atoms with E-state index in [1.54, 1.807) is 48.4 Å². The van der Waals surface area contributed by atoms with E-state index in [4.69, 9.17) is 4.74 Å². The Bertz CT molecular complexity index is 953. The van der Waals surface area contributed by atoms with Crippen molar-refractivity contribution in [3.8, 4) is 5.75 Å². The lowest BCUT2D eigenvalue weighted by atomic mass is 9.88. The third-order valence-corrected chi connectivity index (χ3v) is 5.93. The van der Waals surface area contributed by atoms with E-state index in [1.807, 2.05) is 32.0 Å². The van der Waals surface area contributed by atoms with Crippen LogP contribution in [0.5, 0.6) is 5.75 Å². The van der Waals surface area contributed by atoms with E-state index in [9.17, 15) is 14.4 Å². The van der Waals surface area contributed by atoms with Crippen molar-refractivity contribution >= 4 is 17.7 Å². The van der Waals surface area contributed by atoms with Crippen molar-refractivity contribution in [1.82, 2.24) is 15.5 Å². The molecule has 1 fully saturated rings. The zero-order valence-corrected chi connectivity index (χ0v) is 19.5. The number of ether oxygens (including phenoxy) is 1. The summed E-state index contributed by atoms with van der Waals surface area (Å²) in [5.41, 5.74) is 1.05. The van der Waals surface area contributed by atoms with Crippen LogP contribution < -0.4 is 15.4 Å². The van der Waals surface area contributed by atoms with Crippen molar-refractivity contribution in [3.63, 3.8) is 0 Å². The summed E-state index contributed by atoms with van der Waals surface area (Å²) >= 11 is 0. The number of carbonyl (C=O) groups is 3. The van der Waals surface area contributed by atoms with E-state index in [1.165, 1.54) is 0 Å². The van der Waals surface area contributed by atoms with Gasteiger partial charge in [-0.25, -0.2) is 0 Å². The standard InChI is InChI=1S/C26H33N3O4/c1-18(2)17-27-25(31)23(28-24(30)20-9-5-4-6-10-20)19-13-15-29(16-14-19)26(32)21-11-7-8-12-22(21)33-3/h4-12,18-19,23H,13-17H2,1-3H3,(H,27,31)(H,28,30)/t23-/m1/s1. The van der Waals surface area contributed by atoms with Gasteiger partial charge in [-0.1, -0.05) is 44.2 Å². The summed E-state index contributed by atoms with van der Waals surface area (Å²) in [4.78, 5) is 40.6. The second kappa shape index (κ2) is 11.5. The zero-order chi connectivity index (χ0) is 23.8. The maximum atomic E-state index is 13.0. The smallest absolute Gasteiger partial charge is 0.257 e. The molecule has 1 atom stereocenters. The molecule has 0 aliphatic carbocycles. The average molecular weight is 452 g/mol. The fourth-order valence-corrected chi connectivity index (χ4v) is 4.05. The van der Waals surface area contributed by atoms with Crippen molar-refractivity contribution < 1.29 is 19.1 Å². The fourth-order valence-electron chi connectivity index (χ4n) is 4.05. The van der Waals surface area contributed by atoms with Gasteiger partial charge in [0.15, 0.2) is 0 Å². The highest BCUT2D eigenvalue weighted by atomic mass is 16.5. The van der Waals surface area contributed by atoms with Crippen LogP contribution in [0, 0.1) is 11.8 Å². The van der Waals surface area contributed by atoms with E-state index in [2.05, 4.69) is 10.6 Å². The number of nitrogens with zero attached hydrogens (tertiary/aromatic N) is 1. The lowest BCUT2D eigenvalue weighted by molar-refractivity contribution is -0.124. The van der Waals surface area contributed by atoms with E-state index in [0.717, 1.165) is 0 Å². The number of para-hydroxylation sites is 1. The van der Waals surface area contributed by atoms with Crippen molar-refractivity contribution in [1.29, 1.82) is 0 Å². The van der Waals surface area contributed by atoms with Crippen molar-refractivity contribution in [2.75, 3.05) is 26.7 Å². The minimum Gasteiger partial charge on any atom is -0.496 e. The van der Waals surface area contributed by atoms with Gasteiger partial charge >= 0.3 is 0 Å². The molecule has 0 radical (unpaired) electrons. The van der Waals surface area contributed by atoms with Crippen LogP contribution in [0.2, 0.25) is 0 Å². The SMILES string of the molecule is COc1ccccc1C(=O)N1CCC([C@@H](NC(=O)c2ccccc2)C(=O)NCC(C)C)CC1. The predicted molar refractivity (Wildman–Crippen MR) is 127 cm³/mol. The highest BCUT2D eigenvalue weighted by molar-refractivity contribution is 5.98. The maximum Gasteiger partial charge on any atom is 0.257 e. The molecule has 0 aromatic heterocycles. The zero-order valence-electron chi connectivity index (χ0n) is 19.5. The van der Waals surface area contributed by atoms with Gasteiger partial charge in [0.25, 0.3) is 11.8 Å². The molecule has 7 heteroatoms. The van der Waals surface area contributed by atoms with Crippen LogP contribution in [0.3, 0.4) is 0 Å². The Kier molecular flexibility index (Phi) is 8.46. The van der Waals surface area contributed by atoms with Crippen molar-refractivity contribution in [3.05, 3.63) is 65.7 Å². The monoisotopic (exact) mass is 451 g/mol. The first-order valence-corrected chi connectivity index (χ1v) is 11.5. The Hall–Kier alpha value is -3.35. The summed E-state index contributed by atoms with van der Waals surface area (Å²) in [7, 11) is 1.55. The minimum absolute atomic E-state index is 0.0634. The predicted octanol–water partition coefficient (Wildman–Crippen LogP) is 3.12. The number of carbonyl (C=O) groups excluding carboxylic acids is 3. The average Bonchev–Trinajstić information content (AvgIpc) is 2.85. The number of hydrogen-bond acceptors (Lipinski definition) is 4. The second-order valence-corrected chi connectivity index (χ2v) is 8.79. The van der Waals surface area contributed by atoms with Gasteiger partial charge in [-0.3, -0.25) is 14.4 Å². The van der Waals surface area contributed by atoms with Gasteiger partial charge in [0, 0.05) is 25.2 Å². The Morgan fingerprint density at radius 2 is 1.64 bits per heavy atom. The summed E-state index contributed by atoms with van der Waals surface area (Å²) in [6.07, 6.45) is 1.24. The summed E-state index contributed by atoms with van der Waals surface area (Å²) in [6, 6.07) is 15.4. The maximum absolute atomic E-state index is 13.0. The molecule has 1 aliphatic heterocycles. The van der Waals surface area contributed by atoms with E-state index < -0.39 is 6.04 Å². The molecule has 0 bridgehead atoms. The molecule has 3 amide bonds. The van der Waals surface area contributed by atoms with E-state index >= 15 is 0 Å². The van der Waals surface area contributed by atoms with Crippen LogP contribution in [0.15, 0.2) is 54.6 Å². The lowest BCUT2D eigenvalue weighted by Crippen LogP contribution is -2.54. The normalized spacial score (nSPS) is 15.1. The molecular weight excluding hydrogens is 418 g/mol. The first-order valence-electron chi connectivity index (χ1n) is 11.5. The van der Waals surface area contributed by atoms with Gasteiger partial charge in [-0.15, -0.1) is 0 Å². The molecular formula is C26H33N3O4. The van der Waals surface area contributed by atoms with Crippen LogP contribution in [0.4, 0.5) is 0 Å². The Morgan fingerprint density at radius 3 is 2.27 bits per heavy atom. The number of hydrogen-bond donors (Lipinski definition) is 2. The van der Waals surface area contributed by atoms with Gasteiger partial charge < -0.3 is 20.3 Å². The molecule has 3 rings (SSSR count). The first-order chi connectivity index (χ1) is 15.9. The van der Waals surface area contributed by atoms with Crippen LogP contribution in [0.1, 0.15) is 47.4 Å². The Balaban J connectivity index is 1.69. The molecule has 0 spiro atoms. The Labute approximate surface area is 195 Å². The fraction of sp³-hybridized carbons (Fsp3) is 0.423. The van der Waals surface area contributed by atoms with Crippen molar-refractivity contribution in [2.45, 2.75) is 32.7 Å². The highest BCUT2D eigenvalue weighted by Crippen LogP contribution is 2.25. The first kappa shape index (κ1) is 24.3. The molecule has 0 saturated carbocycles. The number of rotatable bonds is 8. The second-order valence-electron chi connectivity index (χ2n) is 8.79. The molecule has 2 N–H and O–H groups in total. The highest BCUT2D eigenvalue weighted by Gasteiger charge is 2.34. The molecule has 1 heterocycles. The van der Waals surface area contributed by atoms with Gasteiger partial charge in [0.05, 0.1) is 12.7 Å². The van der Waals surface area contributed by atoms with Crippen LogP contribution in [0.25, 0.3) is 0 Å². The molecule has 1 aliphatic rings. The number of amides is 3. The molecule has 33 heavy (non-hydrogen) atoms. The third-order valence-electron chi connectivity index (χ3n) is 5.93. The van der Waals surface area contributed by atoms with Crippen LogP contribution >= 0.6 is 0 Å². The molecule has 0 unspecified atom stereocenters. The van der Waals surface area contributed by atoms with Gasteiger partial charge in [0.2, 0.25) is 5.91 Å². The van der Waals surface area contributed by atoms with Gasteiger partial charge in [-0.05, 0) is 48.9 Å². The lowest BCUT2D eigenvalue weighted by Gasteiger charge is -2.36. The number of benzene rings is 2. The largest absolute Gasteiger partial charge is 0.496 e. The van der Waals surface area contributed by atoms with Crippen molar-refractivity contribution in [2.24, 2.45) is 11.8 Å². The topological polar surface area (TPSA) is 87.7 Å². The van der Waals surface area contributed by atoms with E-state index in [0.29, 0.717) is 55.3 Å². The molecule has 2 aromatic rings. The molecule has 7 nitrogen and oxygen atoms in total. The molecule has 176 valence electrons. The number of likely N-dealkylation sites (tertiary alicyclic amines) is 1. The van der Waals surface area contributed by atoms with Gasteiger partial charge in [0.1, 0.15) is 11.8 Å². The molecule has 1 saturated heterocycles. The summed E-state index contributed by atoms with van der Waals surface area (Å²) in [6.45, 7) is 5.62. The number of methoxy groups -OCH3 is 1. The number of piperidine rings is 1. The van der Waals surface area contributed by atoms with Gasteiger partial charge in [-0.2, -0.15) is 0 Å². The minimum atomic E-state index is -0.653. The number of nitrogens with one attached hydrogen (secondary N) is 2. The summed E-state index contributed by atoms with van der Waals surface area (Å²) < 4.78 is 5.33. The summed E-state index contributed by atoms with van der Waals surface area (Å²) in [5.74, 6) is 0.257. The quantitative estimate of drug-likeness (QED) is 0.646. The van der Waals surface area contributed by atoms with Crippen LogP contribution in [-0.4, -0.2) is 55.4 Å². The Morgan fingerprint density at radius 1 is 1.00 bits per heavy atom. The summed E-state index contributed by atoms with van der Waals surface area (Å²) in [5, 5.41) is 5.91. The van der Waals surface area contributed by atoms with Crippen LogP contribution in [-0.2, 0) is 4.79 Å². The molecule has 2 aromatic carbocycles. The van der Waals surface area contributed by atoms with E-state index in [-0.39, 0.29) is 23.6 Å². The third kappa shape index (κ3) is 6.34.